The predicted octanol–water partition coefficient (Wildman–Crippen LogP) is 3.12. The number of thiophene rings is 1. The SMILES string of the molecule is CN1CCN(c2ccc3nc(-c4c(N)c5scc(Cl)c5[nH]c4=O)[nH]c3c2)CC1. The first-order valence-electron chi connectivity index (χ1n) is 9.03. The summed E-state index contributed by atoms with van der Waals surface area (Å²) in [5.74, 6) is 0.468. The molecule has 0 saturated carbocycles. The Labute approximate surface area is 169 Å². The third kappa shape index (κ3) is 2.76. The Kier molecular flexibility index (Phi) is 4.08. The van der Waals surface area contributed by atoms with Gasteiger partial charge in [0.1, 0.15) is 11.4 Å². The van der Waals surface area contributed by atoms with Crippen LogP contribution >= 0.6 is 22.9 Å². The van der Waals surface area contributed by atoms with Gasteiger partial charge in [-0.1, -0.05) is 11.6 Å². The van der Waals surface area contributed by atoms with E-state index >= 15 is 0 Å². The second-order valence-corrected chi connectivity index (χ2v) is 8.39. The molecule has 28 heavy (non-hydrogen) atoms. The molecule has 0 aliphatic carbocycles. The van der Waals surface area contributed by atoms with Gasteiger partial charge in [0.15, 0.2) is 0 Å². The minimum absolute atomic E-state index is 0.302. The van der Waals surface area contributed by atoms with Crippen molar-refractivity contribution in [3.63, 3.8) is 0 Å². The number of rotatable bonds is 2. The zero-order valence-corrected chi connectivity index (χ0v) is 16.8. The lowest BCUT2D eigenvalue weighted by molar-refractivity contribution is 0.313. The number of fused-ring (bicyclic) bond motifs is 2. The van der Waals surface area contributed by atoms with E-state index in [0.717, 1.165) is 47.6 Å². The topological polar surface area (TPSA) is 94.0 Å². The largest absolute Gasteiger partial charge is 0.397 e. The van der Waals surface area contributed by atoms with E-state index in [9.17, 15) is 4.79 Å². The van der Waals surface area contributed by atoms with E-state index in [1.165, 1.54) is 11.3 Å². The van der Waals surface area contributed by atoms with Crippen LogP contribution in [0.15, 0.2) is 28.4 Å². The molecule has 5 rings (SSSR count). The number of halogens is 1. The third-order valence-corrected chi connectivity index (χ3v) is 6.74. The Morgan fingerprint density at radius 3 is 2.79 bits per heavy atom. The number of aromatic amines is 2. The maximum atomic E-state index is 12.7. The first-order valence-corrected chi connectivity index (χ1v) is 10.3. The monoisotopic (exact) mass is 414 g/mol. The van der Waals surface area contributed by atoms with Crippen LogP contribution in [0.5, 0.6) is 0 Å². The zero-order valence-electron chi connectivity index (χ0n) is 15.3. The first-order chi connectivity index (χ1) is 13.5. The molecule has 3 aromatic heterocycles. The van der Waals surface area contributed by atoms with Crippen molar-refractivity contribution in [2.24, 2.45) is 0 Å². The summed E-state index contributed by atoms with van der Waals surface area (Å²) in [5, 5.41) is 2.26. The number of hydrogen-bond donors (Lipinski definition) is 3. The molecule has 0 spiro atoms. The molecule has 0 atom stereocenters. The molecule has 4 N–H and O–H groups in total. The van der Waals surface area contributed by atoms with E-state index < -0.39 is 0 Å². The Balaban J connectivity index is 1.59. The minimum Gasteiger partial charge on any atom is -0.397 e. The number of benzene rings is 1. The molecule has 0 bridgehead atoms. The molecule has 144 valence electrons. The van der Waals surface area contributed by atoms with Gasteiger partial charge in [-0.3, -0.25) is 4.79 Å². The summed E-state index contributed by atoms with van der Waals surface area (Å²) in [7, 11) is 2.14. The van der Waals surface area contributed by atoms with Crippen LogP contribution in [0.4, 0.5) is 11.4 Å². The van der Waals surface area contributed by atoms with Gasteiger partial charge in [-0.2, -0.15) is 0 Å². The number of H-pyrrole nitrogens is 2. The Morgan fingerprint density at radius 2 is 2.00 bits per heavy atom. The molecule has 1 aliphatic heterocycles. The normalized spacial score (nSPS) is 15.7. The van der Waals surface area contributed by atoms with Crippen molar-refractivity contribution in [1.82, 2.24) is 19.9 Å². The zero-order chi connectivity index (χ0) is 19.4. The highest BCUT2D eigenvalue weighted by Gasteiger charge is 2.19. The van der Waals surface area contributed by atoms with Crippen molar-refractivity contribution in [2.45, 2.75) is 0 Å². The number of anilines is 2. The molecule has 1 saturated heterocycles. The van der Waals surface area contributed by atoms with Gasteiger partial charge in [0.05, 0.1) is 32.0 Å². The fraction of sp³-hybridized carbons (Fsp3) is 0.263. The summed E-state index contributed by atoms with van der Waals surface area (Å²) in [6, 6.07) is 6.14. The molecule has 0 radical (unpaired) electrons. The van der Waals surface area contributed by atoms with Crippen LogP contribution in [0.2, 0.25) is 5.02 Å². The number of imidazole rings is 1. The van der Waals surface area contributed by atoms with E-state index in [0.29, 0.717) is 27.6 Å². The van der Waals surface area contributed by atoms with Crippen molar-refractivity contribution < 1.29 is 0 Å². The van der Waals surface area contributed by atoms with Crippen LogP contribution in [-0.2, 0) is 0 Å². The lowest BCUT2D eigenvalue weighted by Gasteiger charge is -2.34. The molecule has 1 fully saturated rings. The minimum atomic E-state index is -0.302. The Hall–Kier alpha value is -2.55. The van der Waals surface area contributed by atoms with Crippen LogP contribution in [0, 0.1) is 0 Å². The molecule has 0 amide bonds. The number of piperazine rings is 1. The van der Waals surface area contributed by atoms with E-state index in [4.69, 9.17) is 17.3 Å². The van der Waals surface area contributed by atoms with Gasteiger partial charge in [-0.15, -0.1) is 11.3 Å². The highest BCUT2D eigenvalue weighted by Crippen LogP contribution is 2.35. The molecule has 4 heterocycles. The van der Waals surface area contributed by atoms with Crippen LogP contribution in [0.1, 0.15) is 0 Å². The van der Waals surface area contributed by atoms with Gasteiger partial charge in [-0.05, 0) is 25.2 Å². The van der Waals surface area contributed by atoms with E-state index in [1.54, 1.807) is 5.38 Å². The molecular weight excluding hydrogens is 396 g/mol. The number of nitrogens with one attached hydrogen (secondary N) is 2. The van der Waals surface area contributed by atoms with Gasteiger partial charge in [0, 0.05) is 37.2 Å². The van der Waals surface area contributed by atoms with Gasteiger partial charge in [-0.25, -0.2) is 4.98 Å². The third-order valence-electron chi connectivity index (χ3n) is 5.30. The van der Waals surface area contributed by atoms with Gasteiger partial charge in [0.25, 0.3) is 5.56 Å². The summed E-state index contributed by atoms with van der Waals surface area (Å²) in [5.41, 5.74) is 10.2. The fourth-order valence-corrected chi connectivity index (χ4v) is 4.85. The van der Waals surface area contributed by atoms with E-state index in [2.05, 4.69) is 43.9 Å². The molecule has 4 aromatic rings. The molecule has 0 unspecified atom stereocenters. The predicted molar refractivity (Wildman–Crippen MR) is 117 cm³/mol. The second kappa shape index (κ2) is 6.51. The van der Waals surface area contributed by atoms with Gasteiger partial charge >= 0.3 is 0 Å². The molecule has 7 nitrogen and oxygen atoms in total. The summed E-state index contributed by atoms with van der Waals surface area (Å²) >= 11 is 7.54. The average molecular weight is 415 g/mol. The average Bonchev–Trinajstić information content (AvgIpc) is 3.25. The Morgan fingerprint density at radius 1 is 1.21 bits per heavy atom. The van der Waals surface area contributed by atoms with E-state index in [-0.39, 0.29) is 5.56 Å². The van der Waals surface area contributed by atoms with Gasteiger partial charge in [0.2, 0.25) is 0 Å². The molecule has 1 aromatic carbocycles. The molecule has 1 aliphatic rings. The number of nitrogens with zero attached hydrogens (tertiary/aromatic N) is 3. The van der Waals surface area contributed by atoms with Crippen molar-refractivity contribution in [3.8, 4) is 11.4 Å². The Bertz CT molecular complexity index is 1250. The second-order valence-electron chi connectivity index (χ2n) is 7.11. The smallest absolute Gasteiger partial charge is 0.261 e. The van der Waals surface area contributed by atoms with Crippen LogP contribution in [0.3, 0.4) is 0 Å². The summed E-state index contributed by atoms with van der Waals surface area (Å²) in [6.07, 6.45) is 0. The number of likely N-dealkylation sites (N-methyl/N-ethyl adjacent to an activating group) is 1. The van der Waals surface area contributed by atoms with Gasteiger partial charge < -0.3 is 25.5 Å². The number of aromatic nitrogens is 3. The number of hydrogen-bond acceptors (Lipinski definition) is 6. The summed E-state index contributed by atoms with van der Waals surface area (Å²) < 4.78 is 0.762. The highest BCUT2D eigenvalue weighted by atomic mass is 35.5. The van der Waals surface area contributed by atoms with E-state index in [1.807, 2.05) is 6.07 Å². The van der Waals surface area contributed by atoms with Crippen molar-refractivity contribution >= 4 is 55.6 Å². The molecular formula is C19H19ClN6OS. The van der Waals surface area contributed by atoms with Crippen molar-refractivity contribution in [3.05, 3.63) is 39.0 Å². The van der Waals surface area contributed by atoms with Crippen LogP contribution in [0.25, 0.3) is 32.6 Å². The van der Waals surface area contributed by atoms with Crippen LogP contribution in [-0.4, -0.2) is 53.1 Å². The summed E-state index contributed by atoms with van der Waals surface area (Å²) in [6.45, 7) is 4.07. The van der Waals surface area contributed by atoms with Crippen molar-refractivity contribution in [2.75, 3.05) is 43.9 Å². The van der Waals surface area contributed by atoms with Crippen molar-refractivity contribution in [1.29, 1.82) is 0 Å². The highest BCUT2D eigenvalue weighted by molar-refractivity contribution is 7.18. The summed E-state index contributed by atoms with van der Waals surface area (Å²) in [4.78, 5) is 28.1. The quantitative estimate of drug-likeness (QED) is 0.468. The van der Waals surface area contributed by atoms with Crippen LogP contribution < -0.4 is 16.2 Å². The lowest BCUT2D eigenvalue weighted by atomic mass is 10.2. The number of nitrogens with two attached hydrogens (primary N) is 1. The fourth-order valence-electron chi connectivity index (χ4n) is 3.68. The maximum Gasteiger partial charge on any atom is 0.261 e. The lowest BCUT2D eigenvalue weighted by Crippen LogP contribution is -2.44. The standard InChI is InChI=1S/C19H19ClN6OS/c1-25-4-6-26(7-5-25)10-2-3-12-13(8-10)23-18(22-12)14-15(21)17-16(24-19(14)27)11(20)9-28-17/h2-3,8-9H,4-7H2,1H3,(H,22,23)(H3,21,24,27). The first kappa shape index (κ1) is 17.5. The number of pyridine rings is 1. The maximum absolute atomic E-state index is 12.7. The molecule has 9 heteroatoms. The number of nitrogen functional groups attached to an aromatic ring is 1.